The SMILES string of the molecule is CCC(NC(=O)c1ccc([N+](=O)[O-])cc1Cl)c1ccc(S(C)(=O)=O)cc1. The van der Waals surface area contributed by atoms with Crippen LogP contribution >= 0.6 is 11.6 Å². The summed E-state index contributed by atoms with van der Waals surface area (Å²) in [5.41, 5.74) is 0.671. The van der Waals surface area contributed by atoms with E-state index in [0.29, 0.717) is 6.42 Å². The maximum atomic E-state index is 12.5. The number of non-ortho nitro benzene ring substituents is 1. The molecule has 1 atom stereocenters. The van der Waals surface area contributed by atoms with E-state index in [1.54, 1.807) is 12.1 Å². The summed E-state index contributed by atoms with van der Waals surface area (Å²) in [4.78, 5) is 22.8. The number of amides is 1. The molecular weight excluding hydrogens is 380 g/mol. The second-order valence-electron chi connectivity index (χ2n) is 5.70. The van der Waals surface area contributed by atoms with Crippen LogP contribution in [0.4, 0.5) is 5.69 Å². The van der Waals surface area contributed by atoms with Crippen LogP contribution in [0.15, 0.2) is 47.4 Å². The van der Waals surface area contributed by atoms with Gasteiger partial charge in [0.05, 0.1) is 26.4 Å². The van der Waals surface area contributed by atoms with Crippen LogP contribution in [0, 0.1) is 10.1 Å². The molecule has 7 nitrogen and oxygen atoms in total. The molecule has 1 unspecified atom stereocenters. The largest absolute Gasteiger partial charge is 0.345 e. The summed E-state index contributed by atoms with van der Waals surface area (Å²) in [6.07, 6.45) is 1.69. The molecule has 0 fully saturated rings. The van der Waals surface area contributed by atoms with Crippen molar-refractivity contribution in [2.75, 3.05) is 6.26 Å². The average Bonchev–Trinajstić information content (AvgIpc) is 2.58. The van der Waals surface area contributed by atoms with Crippen molar-refractivity contribution in [1.29, 1.82) is 0 Å². The molecule has 2 rings (SSSR count). The number of rotatable bonds is 6. The monoisotopic (exact) mass is 396 g/mol. The molecule has 0 saturated carbocycles. The Kier molecular flexibility index (Phi) is 5.99. The van der Waals surface area contributed by atoms with Gasteiger partial charge in [-0.2, -0.15) is 0 Å². The van der Waals surface area contributed by atoms with Crippen molar-refractivity contribution in [3.63, 3.8) is 0 Å². The molecule has 138 valence electrons. The summed E-state index contributed by atoms with van der Waals surface area (Å²) < 4.78 is 23.1. The van der Waals surface area contributed by atoms with E-state index in [2.05, 4.69) is 5.32 Å². The van der Waals surface area contributed by atoms with Gasteiger partial charge in [-0.1, -0.05) is 30.7 Å². The Balaban J connectivity index is 2.22. The maximum absolute atomic E-state index is 12.5. The fraction of sp³-hybridized carbons (Fsp3) is 0.235. The van der Waals surface area contributed by atoms with Crippen LogP contribution < -0.4 is 5.32 Å². The predicted molar refractivity (Wildman–Crippen MR) is 98.2 cm³/mol. The molecule has 0 aliphatic carbocycles. The first-order chi connectivity index (χ1) is 12.1. The van der Waals surface area contributed by atoms with Gasteiger partial charge in [0.25, 0.3) is 11.6 Å². The minimum Gasteiger partial charge on any atom is -0.345 e. The summed E-state index contributed by atoms with van der Waals surface area (Å²) in [5, 5.41) is 13.5. The number of nitrogens with one attached hydrogen (secondary N) is 1. The van der Waals surface area contributed by atoms with Gasteiger partial charge in [0.2, 0.25) is 0 Å². The number of carbonyl (C=O) groups is 1. The van der Waals surface area contributed by atoms with Crippen LogP contribution in [-0.4, -0.2) is 25.5 Å². The highest BCUT2D eigenvalue weighted by Gasteiger charge is 2.19. The van der Waals surface area contributed by atoms with Crippen molar-refractivity contribution in [3.05, 3.63) is 68.7 Å². The van der Waals surface area contributed by atoms with E-state index in [-0.39, 0.29) is 27.2 Å². The average molecular weight is 397 g/mol. The molecule has 0 saturated heterocycles. The number of nitro benzene ring substituents is 1. The van der Waals surface area contributed by atoms with E-state index < -0.39 is 20.7 Å². The van der Waals surface area contributed by atoms with E-state index in [9.17, 15) is 23.3 Å². The van der Waals surface area contributed by atoms with Gasteiger partial charge in [0.15, 0.2) is 9.84 Å². The van der Waals surface area contributed by atoms with Crippen molar-refractivity contribution < 1.29 is 18.1 Å². The van der Waals surface area contributed by atoms with E-state index in [1.165, 1.54) is 24.3 Å². The third-order valence-electron chi connectivity index (χ3n) is 3.83. The first-order valence-corrected chi connectivity index (χ1v) is 9.95. The van der Waals surface area contributed by atoms with E-state index in [4.69, 9.17) is 11.6 Å². The quantitative estimate of drug-likeness (QED) is 0.593. The minimum absolute atomic E-state index is 0.0148. The lowest BCUT2D eigenvalue weighted by molar-refractivity contribution is -0.384. The number of hydrogen-bond donors (Lipinski definition) is 1. The Morgan fingerprint density at radius 3 is 2.31 bits per heavy atom. The predicted octanol–water partition coefficient (Wildman–Crippen LogP) is 3.53. The van der Waals surface area contributed by atoms with E-state index >= 15 is 0 Å². The van der Waals surface area contributed by atoms with Crippen molar-refractivity contribution in [2.24, 2.45) is 0 Å². The fourth-order valence-electron chi connectivity index (χ4n) is 2.41. The van der Waals surface area contributed by atoms with Gasteiger partial charge >= 0.3 is 0 Å². The molecule has 0 aliphatic rings. The molecule has 9 heteroatoms. The molecule has 0 bridgehead atoms. The topological polar surface area (TPSA) is 106 Å². The molecule has 1 N–H and O–H groups in total. The summed E-state index contributed by atoms with van der Waals surface area (Å²) in [6, 6.07) is 9.53. The Morgan fingerprint density at radius 1 is 1.23 bits per heavy atom. The lowest BCUT2D eigenvalue weighted by Gasteiger charge is -2.18. The number of benzene rings is 2. The molecule has 0 aromatic heterocycles. The van der Waals surface area contributed by atoms with Gasteiger partial charge in [0.1, 0.15) is 0 Å². The van der Waals surface area contributed by atoms with Crippen LogP contribution in [-0.2, 0) is 9.84 Å². The van der Waals surface area contributed by atoms with Gasteiger partial charge in [-0.15, -0.1) is 0 Å². The maximum Gasteiger partial charge on any atom is 0.270 e. The van der Waals surface area contributed by atoms with Crippen LogP contribution in [0.3, 0.4) is 0 Å². The molecule has 2 aromatic rings. The lowest BCUT2D eigenvalue weighted by atomic mass is 10.0. The molecule has 0 spiro atoms. The van der Waals surface area contributed by atoms with Crippen LogP contribution in [0.25, 0.3) is 0 Å². The molecule has 1 amide bonds. The second kappa shape index (κ2) is 7.84. The smallest absolute Gasteiger partial charge is 0.270 e. The van der Waals surface area contributed by atoms with Crippen molar-refractivity contribution in [3.8, 4) is 0 Å². The molecule has 0 radical (unpaired) electrons. The van der Waals surface area contributed by atoms with Crippen molar-refractivity contribution >= 4 is 33.0 Å². The van der Waals surface area contributed by atoms with Gasteiger partial charge in [-0.05, 0) is 30.2 Å². The molecular formula is C17H17ClN2O5S. The standard InChI is InChI=1S/C17H17ClN2O5S/c1-3-16(11-4-7-13(8-5-11)26(2,24)25)19-17(21)14-9-6-12(20(22)23)10-15(14)18/h4-10,16H,3H2,1-2H3,(H,19,21). The first-order valence-electron chi connectivity index (χ1n) is 7.68. The third kappa shape index (κ3) is 4.59. The van der Waals surface area contributed by atoms with Crippen LogP contribution in [0.2, 0.25) is 5.02 Å². The van der Waals surface area contributed by atoms with Gasteiger partial charge in [0, 0.05) is 18.4 Å². The number of nitrogens with zero attached hydrogens (tertiary/aromatic N) is 1. The highest BCUT2D eigenvalue weighted by Crippen LogP contribution is 2.24. The fourth-order valence-corrected chi connectivity index (χ4v) is 3.30. The Hall–Kier alpha value is -2.45. The summed E-state index contributed by atoms with van der Waals surface area (Å²) in [6.45, 7) is 1.87. The lowest BCUT2D eigenvalue weighted by Crippen LogP contribution is -2.28. The first kappa shape index (κ1) is 19.9. The Bertz CT molecular complexity index is 942. The molecule has 0 aliphatic heterocycles. The number of nitro groups is 1. The number of sulfone groups is 1. The number of halogens is 1. The zero-order valence-corrected chi connectivity index (χ0v) is 15.7. The van der Waals surface area contributed by atoms with Gasteiger partial charge < -0.3 is 5.32 Å². The second-order valence-corrected chi connectivity index (χ2v) is 8.12. The summed E-state index contributed by atoms with van der Waals surface area (Å²) in [7, 11) is -3.29. The Morgan fingerprint density at radius 2 is 1.85 bits per heavy atom. The Labute approximate surface area is 156 Å². The number of hydrogen-bond acceptors (Lipinski definition) is 5. The van der Waals surface area contributed by atoms with Gasteiger partial charge in [-0.25, -0.2) is 8.42 Å². The zero-order chi connectivity index (χ0) is 19.5. The third-order valence-corrected chi connectivity index (χ3v) is 5.27. The summed E-state index contributed by atoms with van der Waals surface area (Å²) >= 11 is 5.98. The summed E-state index contributed by atoms with van der Waals surface area (Å²) in [5.74, 6) is -0.469. The van der Waals surface area contributed by atoms with E-state index in [0.717, 1.165) is 17.9 Å². The highest BCUT2D eigenvalue weighted by molar-refractivity contribution is 7.90. The molecule has 2 aromatic carbocycles. The van der Waals surface area contributed by atoms with Crippen molar-refractivity contribution in [1.82, 2.24) is 5.32 Å². The molecule has 26 heavy (non-hydrogen) atoms. The zero-order valence-electron chi connectivity index (χ0n) is 14.1. The van der Waals surface area contributed by atoms with Crippen LogP contribution in [0.1, 0.15) is 35.3 Å². The van der Waals surface area contributed by atoms with Gasteiger partial charge in [-0.3, -0.25) is 14.9 Å². The highest BCUT2D eigenvalue weighted by atomic mass is 35.5. The van der Waals surface area contributed by atoms with E-state index in [1.807, 2.05) is 6.92 Å². The minimum atomic E-state index is -3.29. The number of carbonyl (C=O) groups excluding carboxylic acids is 1. The normalized spacial score (nSPS) is 12.4. The van der Waals surface area contributed by atoms with Crippen molar-refractivity contribution in [2.45, 2.75) is 24.3 Å². The molecule has 0 heterocycles. The van der Waals surface area contributed by atoms with Crippen LogP contribution in [0.5, 0.6) is 0 Å².